The molecule has 30 heavy (non-hydrogen) atoms. The Morgan fingerprint density at radius 3 is 2.67 bits per heavy atom. The zero-order valence-corrected chi connectivity index (χ0v) is 16.5. The van der Waals surface area contributed by atoms with Crippen molar-refractivity contribution in [1.29, 1.82) is 0 Å². The number of nitrogens with zero attached hydrogens (tertiary/aromatic N) is 1. The van der Waals surface area contributed by atoms with Gasteiger partial charge in [0.25, 0.3) is 0 Å². The van der Waals surface area contributed by atoms with Crippen LogP contribution in [0, 0.1) is 5.82 Å². The molecule has 0 N–H and O–H groups in total. The molecule has 0 saturated heterocycles. The quantitative estimate of drug-likeness (QED) is 0.487. The van der Waals surface area contributed by atoms with Crippen LogP contribution in [0.3, 0.4) is 0 Å². The number of hydrogen-bond acceptors (Lipinski definition) is 7. The maximum atomic E-state index is 13.4. The van der Waals surface area contributed by atoms with Crippen LogP contribution in [-0.2, 0) is 19.1 Å². The molecule has 0 atom stereocenters. The van der Waals surface area contributed by atoms with Gasteiger partial charge in [-0.3, -0.25) is 0 Å². The van der Waals surface area contributed by atoms with Crippen molar-refractivity contribution < 1.29 is 32.9 Å². The predicted octanol–water partition coefficient (Wildman–Crippen LogP) is 3.51. The molecule has 3 rings (SSSR count). The summed E-state index contributed by atoms with van der Waals surface area (Å²) < 4.78 is 34.4. The second kappa shape index (κ2) is 9.69. The molecule has 2 aromatic carbocycles. The number of aliphatic imine (C=N–C) groups is 1. The summed E-state index contributed by atoms with van der Waals surface area (Å²) in [7, 11) is 0. The van der Waals surface area contributed by atoms with Crippen LogP contribution in [0.4, 0.5) is 4.39 Å². The van der Waals surface area contributed by atoms with Crippen molar-refractivity contribution in [3.63, 3.8) is 0 Å². The number of rotatable bonds is 8. The van der Waals surface area contributed by atoms with Gasteiger partial charge in [-0.15, -0.1) is 0 Å². The van der Waals surface area contributed by atoms with E-state index in [0.29, 0.717) is 29.2 Å². The summed E-state index contributed by atoms with van der Waals surface area (Å²) in [6, 6.07) is 10.6. The van der Waals surface area contributed by atoms with E-state index in [1.807, 2.05) is 6.92 Å². The van der Waals surface area contributed by atoms with Crippen molar-refractivity contribution in [2.45, 2.75) is 13.8 Å². The van der Waals surface area contributed by atoms with Gasteiger partial charge < -0.3 is 18.9 Å². The summed E-state index contributed by atoms with van der Waals surface area (Å²) in [6.45, 7) is 3.91. The zero-order chi connectivity index (χ0) is 21.5. The van der Waals surface area contributed by atoms with Crippen LogP contribution in [0.15, 0.2) is 53.2 Å². The van der Waals surface area contributed by atoms with Gasteiger partial charge in [0, 0.05) is 5.56 Å². The van der Waals surface area contributed by atoms with Crippen LogP contribution in [0.5, 0.6) is 11.5 Å². The number of halogens is 1. The summed E-state index contributed by atoms with van der Waals surface area (Å²) in [5, 5.41) is 0. The molecule has 0 spiro atoms. The molecule has 156 valence electrons. The maximum Gasteiger partial charge on any atom is 0.363 e. The molecule has 1 aliphatic rings. The minimum Gasteiger partial charge on any atom is -0.490 e. The normalized spacial score (nSPS) is 14.3. The fourth-order valence-corrected chi connectivity index (χ4v) is 2.65. The van der Waals surface area contributed by atoms with Crippen molar-refractivity contribution in [2.24, 2.45) is 4.99 Å². The van der Waals surface area contributed by atoms with Crippen LogP contribution in [-0.4, -0.2) is 37.7 Å². The third-order valence-corrected chi connectivity index (χ3v) is 3.91. The lowest BCUT2D eigenvalue weighted by Gasteiger charge is -2.12. The lowest BCUT2D eigenvalue weighted by Crippen LogP contribution is -2.15. The minimum absolute atomic E-state index is 0.0326. The number of cyclic esters (lactones) is 1. The average molecular weight is 413 g/mol. The summed E-state index contributed by atoms with van der Waals surface area (Å²) in [6.07, 6.45) is 1.52. The predicted molar refractivity (Wildman–Crippen MR) is 107 cm³/mol. The van der Waals surface area contributed by atoms with Crippen LogP contribution >= 0.6 is 0 Å². The van der Waals surface area contributed by atoms with Gasteiger partial charge in [0.15, 0.2) is 23.8 Å². The lowest BCUT2D eigenvalue weighted by molar-refractivity contribution is -0.145. The van der Waals surface area contributed by atoms with Crippen LogP contribution < -0.4 is 9.47 Å². The monoisotopic (exact) mass is 413 g/mol. The number of ether oxygens (including phenoxy) is 4. The lowest BCUT2D eigenvalue weighted by atomic mass is 10.1. The van der Waals surface area contributed by atoms with Gasteiger partial charge in [-0.25, -0.2) is 19.0 Å². The fourth-order valence-electron chi connectivity index (χ4n) is 2.65. The van der Waals surface area contributed by atoms with Crippen molar-refractivity contribution in [3.8, 4) is 11.5 Å². The second-order valence-corrected chi connectivity index (χ2v) is 6.08. The Morgan fingerprint density at radius 1 is 1.10 bits per heavy atom. The molecule has 0 fully saturated rings. The highest BCUT2D eigenvalue weighted by Gasteiger charge is 2.24. The summed E-state index contributed by atoms with van der Waals surface area (Å²) >= 11 is 0. The van der Waals surface area contributed by atoms with E-state index in [1.165, 1.54) is 24.3 Å². The van der Waals surface area contributed by atoms with Gasteiger partial charge >= 0.3 is 11.9 Å². The Balaban J connectivity index is 1.82. The van der Waals surface area contributed by atoms with Crippen LogP contribution in [0.1, 0.15) is 25.0 Å². The molecular weight excluding hydrogens is 393 g/mol. The zero-order valence-electron chi connectivity index (χ0n) is 16.5. The first-order valence-electron chi connectivity index (χ1n) is 9.34. The summed E-state index contributed by atoms with van der Waals surface area (Å²) in [5.74, 6) is -0.788. The fraction of sp³-hybridized carbons (Fsp3) is 0.227. The van der Waals surface area contributed by atoms with Gasteiger partial charge in [-0.2, -0.15) is 0 Å². The molecule has 1 heterocycles. The molecule has 7 nitrogen and oxygen atoms in total. The van der Waals surface area contributed by atoms with E-state index in [0.717, 1.165) is 0 Å². The van der Waals surface area contributed by atoms with E-state index in [1.54, 1.807) is 31.2 Å². The smallest absolute Gasteiger partial charge is 0.363 e. The van der Waals surface area contributed by atoms with Gasteiger partial charge in [0.2, 0.25) is 5.90 Å². The van der Waals surface area contributed by atoms with Crippen molar-refractivity contribution >= 4 is 23.9 Å². The Kier molecular flexibility index (Phi) is 6.79. The molecule has 0 bridgehead atoms. The highest BCUT2D eigenvalue weighted by Crippen LogP contribution is 2.30. The molecule has 2 aromatic rings. The molecule has 0 amide bonds. The molecule has 0 aliphatic carbocycles. The third kappa shape index (κ3) is 5.22. The summed E-state index contributed by atoms with van der Waals surface area (Å²) in [4.78, 5) is 27.8. The maximum absolute atomic E-state index is 13.4. The molecule has 0 radical (unpaired) electrons. The minimum atomic E-state index is -0.644. The van der Waals surface area contributed by atoms with Crippen molar-refractivity contribution in [3.05, 3.63) is 65.1 Å². The van der Waals surface area contributed by atoms with Crippen molar-refractivity contribution in [1.82, 2.24) is 0 Å². The highest BCUT2D eigenvalue weighted by molar-refractivity contribution is 6.12. The number of benzene rings is 2. The number of hydrogen-bond donors (Lipinski definition) is 0. The Hall–Kier alpha value is -3.68. The third-order valence-electron chi connectivity index (χ3n) is 3.91. The Morgan fingerprint density at radius 2 is 1.93 bits per heavy atom. The average Bonchev–Trinajstić information content (AvgIpc) is 3.08. The van der Waals surface area contributed by atoms with Gasteiger partial charge in [0.1, 0.15) is 5.82 Å². The van der Waals surface area contributed by atoms with Crippen LogP contribution in [0.2, 0.25) is 0 Å². The van der Waals surface area contributed by atoms with E-state index in [4.69, 9.17) is 18.9 Å². The summed E-state index contributed by atoms with van der Waals surface area (Å²) in [5.41, 5.74) is 1.04. The van der Waals surface area contributed by atoms with Gasteiger partial charge in [-0.05, 0) is 55.8 Å². The second-order valence-electron chi connectivity index (χ2n) is 6.08. The first-order chi connectivity index (χ1) is 14.5. The number of carbonyl (C=O) groups excluding carboxylic acids is 2. The standard InChI is InChI=1S/C22H20FNO6/c1-3-27-19-11-14(8-9-18(19)29-13-20(25)28-4-2)10-17-22(26)30-21(24-17)15-6-5-7-16(23)12-15/h5-12H,3-4,13H2,1-2H3/b17-10+. The molecule has 0 unspecified atom stereocenters. The van der Waals surface area contributed by atoms with Gasteiger partial charge in [0.05, 0.1) is 13.2 Å². The highest BCUT2D eigenvalue weighted by atomic mass is 19.1. The largest absolute Gasteiger partial charge is 0.490 e. The van der Waals surface area contributed by atoms with E-state index in [9.17, 15) is 14.0 Å². The first-order valence-corrected chi connectivity index (χ1v) is 9.34. The Labute approximate surface area is 172 Å². The molecule has 8 heteroatoms. The Bertz CT molecular complexity index is 1010. The van der Waals surface area contributed by atoms with Crippen LogP contribution in [0.25, 0.3) is 6.08 Å². The SMILES string of the molecule is CCOC(=O)COc1ccc(/C=C2/N=C(c3cccc(F)c3)OC2=O)cc1OCC. The van der Waals surface area contributed by atoms with Crippen molar-refractivity contribution in [2.75, 3.05) is 19.8 Å². The van der Waals surface area contributed by atoms with Gasteiger partial charge in [-0.1, -0.05) is 12.1 Å². The van der Waals surface area contributed by atoms with E-state index in [2.05, 4.69) is 4.99 Å². The van der Waals surface area contributed by atoms with E-state index < -0.39 is 17.8 Å². The molecule has 0 saturated carbocycles. The molecular formula is C22H20FNO6. The van der Waals surface area contributed by atoms with E-state index in [-0.39, 0.29) is 24.8 Å². The first kappa shape index (κ1) is 21.0. The molecule has 0 aromatic heterocycles. The topological polar surface area (TPSA) is 83.4 Å². The molecule has 1 aliphatic heterocycles. The van der Waals surface area contributed by atoms with E-state index >= 15 is 0 Å². The number of esters is 2. The number of carbonyl (C=O) groups is 2.